The summed E-state index contributed by atoms with van der Waals surface area (Å²) in [6.07, 6.45) is -2.58. The number of nitrogens with zero attached hydrogens (tertiary/aromatic N) is 1. The third kappa shape index (κ3) is 6.56. The van der Waals surface area contributed by atoms with Gasteiger partial charge in [0.15, 0.2) is 12.2 Å². The molecule has 48 heavy (non-hydrogen) atoms. The first-order valence-corrected chi connectivity index (χ1v) is 15.0. The van der Waals surface area contributed by atoms with Crippen LogP contribution in [0.5, 0.6) is 0 Å². The quantitative estimate of drug-likeness (QED) is 0.0949. The number of carbonyl (C=O) groups is 6. The highest BCUT2D eigenvalue weighted by Crippen LogP contribution is 2.29. The van der Waals surface area contributed by atoms with Crippen molar-refractivity contribution in [2.45, 2.75) is 12.2 Å². The molecule has 5 aromatic carbocycles. The van der Waals surface area contributed by atoms with E-state index in [4.69, 9.17) is 9.47 Å². The van der Waals surface area contributed by atoms with Gasteiger partial charge in [-0.1, -0.05) is 121 Å². The van der Waals surface area contributed by atoms with Gasteiger partial charge in [0, 0.05) is 22.3 Å². The fourth-order valence-corrected chi connectivity index (χ4v) is 5.34. The van der Waals surface area contributed by atoms with Gasteiger partial charge < -0.3 is 9.47 Å². The SMILES string of the molecule is O=C(CN1C(=O)c2ccc(C(=O)O[C@@H](C(=O)c3ccccc3)c3ccccc3)cc2C1=O)O[C@H](C(=O)c1ccccc1)c1ccccc1. The summed E-state index contributed by atoms with van der Waals surface area (Å²) < 4.78 is 11.3. The summed E-state index contributed by atoms with van der Waals surface area (Å²) in [4.78, 5) is 80.5. The second-order valence-corrected chi connectivity index (χ2v) is 10.9. The number of Topliss-reactive ketones (excluding diaryl/α,β-unsaturated/α-hetero) is 2. The van der Waals surface area contributed by atoms with Crippen molar-refractivity contribution in [3.8, 4) is 0 Å². The van der Waals surface area contributed by atoms with E-state index in [1.54, 1.807) is 121 Å². The number of hydrogen-bond donors (Lipinski definition) is 0. The van der Waals surface area contributed by atoms with Gasteiger partial charge in [0.25, 0.3) is 11.8 Å². The van der Waals surface area contributed by atoms with E-state index >= 15 is 0 Å². The summed E-state index contributed by atoms with van der Waals surface area (Å²) in [5.74, 6) is -4.37. The Morgan fingerprint density at radius 3 is 1.44 bits per heavy atom. The zero-order valence-electron chi connectivity index (χ0n) is 25.4. The number of fused-ring (bicyclic) bond motifs is 1. The average Bonchev–Trinajstić information content (AvgIpc) is 3.37. The molecular weight excluding hydrogens is 610 g/mol. The highest BCUT2D eigenvalue weighted by Gasteiger charge is 2.39. The van der Waals surface area contributed by atoms with Crippen LogP contribution in [-0.2, 0) is 14.3 Å². The van der Waals surface area contributed by atoms with Crippen LogP contribution in [0.4, 0.5) is 0 Å². The molecule has 9 nitrogen and oxygen atoms in total. The number of amides is 2. The molecule has 1 aliphatic rings. The van der Waals surface area contributed by atoms with Crippen molar-refractivity contribution in [2.75, 3.05) is 6.54 Å². The van der Waals surface area contributed by atoms with E-state index in [9.17, 15) is 28.8 Å². The molecule has 0 spiro atoms. The normalized spacial score (nSPS) is 13.3. The van der Waals surface area contributed by atoms with Crippen LogP contribution < -0.4 is 0 Å². The van der Waals surface area contributed by atoms with Gasteiger partial charge in [-0.3, -0.25) is 28.9 Å². The minimum Gasteiger partial charge on any atom is -0.448 e. The first-order chi connectivity index (χ1) is 23.3. The predicted octanol–water partition coefficient (Wildman–Crippen LogP) is 6.23. The van der Waals surface area contributed by atoms with Gasteiger partial charge in [-0.25, -0.2) is 4.79 Å². The highest BCUT2D eigenvalue weighted by molar-refractivity contribution is 6.23. The second kappa shape index (κ2) is 13.9. The van der Waals surface area contributed by atoms with E-state index in [-0.39, 0.29) is 16.7 Å². The molecule has 0 unspecified atom stereocenters. The number of ketones is 2. The van der Waals surface area contributed by atoms with Gasteiger partial charge >= 0.3 is 11.9 Å². The van der Waals surface area contributed by atoms with Gasteiger partial charge in [0.05, 0.1) is 16.7 Å². The lowest BCUT2D eigenvalue weighted by Crippen LogP contribution is -2.36. The van der Waals surface area contributed by atoms with Crippen molar-refractivity contribution in [1.29, 1.82) is 0 Å². The van der Waals surface area contributed by atoms with Crippen LogP contribution in [-0.4, -0.2) is 46.8 Å². The van der Waals surface area contributed by atoms with Crippen LogP contribution in [0, 0.1) is 0 Å². The van der Waals surface area contributed by atoms with E-state index < -0.39 is 54.1 Å². The fraction of sp³-hybridized carbons (Fsp3) is 0.0769. The molecule has 2 atom stereocenters. The average molecular weight is 638 g/mol. The molecule has 0 N–H and O–H groups in total. The first kappa shape index (κ1) is 31.5. The molecule has 1 heterocycles. The molecule has 0 saturated carbocycles. The Hall–Kier alpha value is -6.48. The van der Waals surface area contributed by atoms with Crippen molar-refractivity contribution in [2.24, 2.45) is 0 Å². The number of ether oxygens (including phenoxy) is 2. The van der Waals surface area contributed by atoms with Crippen molar-refractivity contribution < 1.29 is 38.2 Å². The molecule has 0 radical (unpaired) electrons. The third-order valence-corrected chi connectivity index (χ3v) is 7.77. The molecule has 0 fully saturated rings. The topological polar surface area (TPSA) is 124 Å². The zero-order valence-corrected chi connectivity index (χ0v) is 25.4. The Kier molecular flexibility index (Phi) is 9.11. The lowest BCUT2D eigenvalue weighted by atomic mass is 9.99. The van der Waals surface area contributed by atoms with E-state index in [2.05, 4.69) is 0 Å². The van der Waals surface area contributed by atoms with Crippen molar-refractivity contribution in [3.63, 3.8) is 0 Å². The van der Waals surface area contributed by atoms with Crippen LogP contribution in [0.25, 0.3) is 0 Å². The van der Waals surface area contributed by atoms with E-state index in [0.29, 0.717) is 27.2 Å². The Morgan fingerprint density at radius 2 is 0.938 bits per heavy atom. The summed E-state index contributed by atoms with van der Waals surface area (Å²) in [5, 5.41) is 0. The highest BCUT2D eigenvalue weighted by atomic mass is 16.6. The molecule has 9 heteroatoms. The predicted molar refractivity (Wildman–Crippen MR) is 173 cm³/mol. The Morgan fingerprint density at radius 1 is 0.500 bits per heavy atom. The lowest BCUT2D eigenvalue weighted by Gasteiger charge is -2.19. The molecule has 2 amide bonds. The van der Waals surface area contributed by atoms with Crippen LogP contribution in [0.1, 0.15) is 75.1 Å². The molecule has 6 rings (SSSR count). The summed E-state index contributed by atoms with van der Waals surface area (Å²) >= 11 is 0. The zero-order chi connectivity index (χ0) is 33.6. The molecule has 0 bridgehead atoms. The summed E-state index contributed by atoms with van der Waals surface area (Å²) in [6, 6.07) is 37.4. The second-order valence-electron chi connectivity index (χ2n) is 10.9. The molecule has 0 aromatic heterocycles. The largest absolute Gasteiger partial charge is 0.448 e. The number of rotatable bonds is 11. The van der Waals surface area contributed by atoms with Crippen LogP contribution in [0.2, 0.25) is 0 Å². The number of hydrogen-bond acceptors (Lipinski definition) is 8. The maximum atomic E-state index is 13.4. The molecule has 1 aliphatic heterocycles. The van der Waals surface area contributed by atoms with Gasteiger partial charge in [0.2, 0.25) is 11.6 Å². The van der Waals surface area contributed by atoms with Crippen molar-refractivity contribution >= 4 is 35.3 Å². The van der Waals surface area contributed by atoms with Gasteiger partial charge in [0.1, 0.15) is 6.54 Å². The maximum absolute atomic E-state index is 13.4. The minimum absolute atomic E-state index is 0.0238. The van der Waals surface area contributed by atoms with E-state index in [0.717, 1.165) is 0 Å². The first-order valence-electron chi connectivity index (χ1n) is 15.0. The van der Waals surface area contributed by atoms with Crippen LogP contribution >= 0.6 is 0 Å². The summed E-state index contributed by atoms with van der Waals surface area (Å²) in [6.45, 7) is -0.765. The van der Waals surface area contributed by atoms with E-state index in [1.807, 2.05) is 0 Å². The summed E-state index contributed by atoms with van der Waals surface area (Å²) in [7, 11) is 0. The molecule has 5 aromatic rings. The van der Waals surface area contributed by atoms with Crippen LogP contribution in [0.15, 0.2) is 140 Å². The molecule has 0 saturated heterocycles. The lowest BCUT2D eigenvalue weighted by molar-refractivity contribution is -0.147. The van der Waals surface area contributed by atoms with Crippen LogP contribution in [0.3, 0.4) is 0 Å². The van der Waals surface area contributed by atoms with Gasteiger partial charge in [-0.15, -0.1) is 0 Å². The Bertz CT molecular complexity index is 2010. The smallest absolute Gasteiger partial charge is 0.339 e. The molecular formula is C39H27NO8. The Balaban J connectivity index is 1.19. The number of imide groups is 1. The van der Waals surface area contributed by atoms with E-state index in [1.165, 1.54) is 18.2 Å². The maximum Gasteiger partial charge on any atom is 0.339 e. The summed E-state index contributed by atoms with van der Waals surface area (Å²) in [5.41, 5.74) is 1.33. The van der Waals surface area contributed by atoms with Crippen molar-refractivity contribution in [1.82, 2.24) is 4.90 Å². The number of esters is 2. The standard InChI is InChI=1S/C39H27NO8/c41-32(47-35(27-17-9-3-10-18-27)33(42)25-13-5-1-6-14-25)24-40-37(44)30-22-21-29(23-31(30)38(40)45)39(46)48-36(28-19-11-4-12-20-28)34(43)26-15-7-2-8-16-26/h1-23,35-36H,24H2/t35-,36+/m0/s1. The van der Waals surface area contributed by atoms with Crippen molar-refractivity contribution in [3.05, 3.63) is 178 Å². The van der Waals surface area contributed by atoms with Gasteiger partial charge in [-0.05, 0) is 18.2 Å². The van der Waals surface area contributed by atoms with Gasteiger partial charge in [-0.2, -0.15) is 0 Å². The third-order valence-electron chi connectivity index (χ3n) is 7.77. The monoisotopic (exact) mass is 637 g/mol. The fourth-order valence-electron chi connectivity index (χ4n) is 5.34. The molecule has 0 aliphatic carbocycles. The number of benzene rings is 5. The minimum atomic E-state index is -1.31. The Labute approximate surface area is 275 Å². The molecule has 236 valence electrons. The number of carbonyl (C=O) groups excluding carboxylic acids is 6.